The number of carbonyl (C=O) groups excluding carboxylic acids is 3. The second-order valence-electron chi connectivity index (χ2n) is 9.24. The first-order chi connectivity index (χ1) is 13.6. The van der Waals surface area contributed by atoms with Gasteiger partial charge < -0.3 is 5.32 Å². The Hall–Kier alpha value is -2.21. The van der Waals surface area contributed by atoms with Crippen LogP contribution in [-0.4, -0.2) is 30.4 Å². The number of amides is 4. The van der Waals surface area contributed by atoms with Gasteiger partial charge in [0.15, 0.2) is 5.41 Å². The maximum Gasteiger partial charge on any atom is 0.328 e. The summed E-state index contributed by atoms with van der Waals surface area (Å²) in [7, 11) is 2.13. The van der Waals surface area contributed by atoms with E-state index in [0.29, 0.717) is 22.9 Å². The SMILES string of the molecule is CCC1(c2ccccc2)C(=O)NC(=O)NC1=O.CNC1(C)C2CCC(C2)C1(C)C. The van der Waals surface area contributed by atoms with Gasteiger partial charge in [-0.05, 0) is 62.5 Å². The van der Waals surface area contributed by atoms with Crippen LogP contribution >= 0.6 is 0 Å². The van der Waals surface area contributed by atoms with E-state index >= 15 is 0 Å². The van der Waals surface area contributed by atoms with Crippen LogP contribution in [0.2, 0.25) is 0 Å². The lowest BCUT2D eigenvalue weighted by atomic mass is 9.64. The summed E-state index contributed by atoms with van der Waals surface area (Å²) >= 11 is 0. The molecule has 1 saturated heterocycles. The Morgan fingerprint density at radius 1 is 0.966 bits per heavy atom. The molecule has 1 heterocycles. The maximum atomic E-state index is 12.0. The van der Waals surface area contributed by atoms with Crippen LogP contribution in [-0.2, 0) is 15.0 Å². The van der Waals surface area contributed by atoms with Crippen LogP contribution in [0.25, 0.3) is 0 Å². The predicted molar refractivity (Wildman–Crippen MR) is 112 cm³/mol. The van der Waals surface area contributed by atoms with Crippen LogP contribution in [0, 0.1) is 17.3 Å². The molecule has 2 aliphatic carbocycles. The van der Waals surface area contributed by atoms with E-state index in [1.54, 1.807) is 37.3 Å². The lowest BCUT2D eigenvalue weighted by Crippen LogP contribution is -2.64. The number of barbiturate groups is 1. The molecule has 0 aromatic heterocycles. The van der Waals surface area contributed by atoms with Crippen molar-refractivity contribution < 1.29 is 14.4 Å². The summed E-state index contributed by atoms with van der Waals surface area (Å²) in [6.45, 7) is 9.03. The van der Waals surface area contributed by atoms with Crippen molar-refractivity contribution in [2.45, 2.75) is 64.3 Å². The van der Waals surface area contributed by atoms with Crippen molar-refractivity contribution in [2.24, 2.45) is 17.3 Å². The van der Waals surface area contributed by atoms with Crippen molar-refractivity contribution in [3.05, 3.63) is 35.9 Å². The van der Waals surface area contributed by atoms with Crippen molar-refractivity contribution in [1.82, 2.24) is 16.0 Å². The molecule has 3 atom stereocenters. The van der Waals surface area contributed by atoms with Gasteiger partial charge in [0.2, 0.25) is 11.8 Å². The summed E-state index contributed by atoms with van der Waals surface area (Å²) in [5.74, 6) is 0.766. The third-order valence-electron chi connectivity index (χ3n) is 8.15. The molecule has 1 aliphatic heterocycles. The molecular weight excluding hydrogens is 366 g/mol. The fraction of sp³-hybridized carbons (Fsp3) is 0.609. The van der Waals surface area contributed by atoms with E-state index in [2.05, 4.69) is 43.8 Å². The average molecular weight is 400 g/mol. The first-order valence-electron chi connectivity index (χ1n) is 10.5. The zero-order valence-corrected chi connectivity index (χ0v) is 18.1. The molecule has 2 bridgehead atoms. The number of nitrogens with one attached hydrogen (secondary N) is 3. The van der Waals surface area contributed by atoms with Crippen molar-refractivity contribution in [3.8, 4) is 0 Å². The first kappa shape index (κ1) is 21.5. The van der Waals surface area contributed by atoms with Crippen molar-refractivity contribution in [3.63, 3.8) is 0 Å². The molecule has 1 aromatic carbocycles. The van der Waals surface area contributed by atoms with Gasteiger partial charge in [-0.1, -0.05) is 51.1 Å². The fourth-order valence-corrected chi connectivity index (χ4v) is 5.70. The van der Waals surface area contributed by atoms with E-state index in [1.165, 1.54) is 19.3 Å². The highest BCUT2D eigenvalue weighted by atomic mass is 16.2. The summed E-state index contributed by atoms with van der Waals surface area (Å²) in [6, 6.07) is 7.96. The van der Waals surface area contributed by atoms with Gasteiger partial charge >= 0.3 is 6.03 Å². The fourth-order valence-electron chi connectivity index (χ4n) is 5.70. The van der Waals surface area contributed by atoms with E-state index in [4.69, 9.17) is 0 Å². The molecule has 3 aliphatic rings. The van der Waals surface area contributed by atoms with Crippen LogP contribution in [0.15, 0.2) is 30.3 Å². The van der Waals surface area contributed by atoms with Gasteiger partial charge in [-0.2, -0.15) is 0 Å². The predicted octanol–water partition coefficient (Wildman–Crippen LogP) is 3.12. The van der Waals surface area contributed by atoms with Gasteiger partial charge in [0.1, 0.15) is 0 Å². The lowest BCUT2D eigenvalue weighted by Gasteiger charge is -2.47. The number of hydrogen-bond acceptors (Lipinski definition) is 4. The summed E-state index contributed by atoms with van der Waals surface area (Å²) in [5, 5.41) is 7.84. The number of carbonyl (C=O) groups is 3. The molecular formula is C23H33N3O3. The Labute approximate surface area is 173 Å². The maximum absolute atomic E-state index is 12.0. The molecule has 2 saturated carbocycles. The van der Waals surface area contributed by atoms with Crippen LogP contribution in [0.4, 0.5) is 4.79 Å². The zero-order valence-electron chi connectivity index (χ0n) is 18.1. The van der Waals surface area contributed by atoms with Gasteiger partial charge in [0.25, 0.3) is 0 Å². The van der Waals surface area contributed by atoms with Crippen LogP contribution in [0.5, 0.6) is 0 Å². The molecule has 29 heavy (non-hydrogen) atoms. The molecule has 158 valence electrons. The average Bonchev–Trinajstić information content (AvgIpc) is 3.25. The highest BCUT2D eigenvalue weighted by Crippen LogP contribution is 2.61. The van der Waals surface area contributed by atoms with E-state index in [1.807, 2.05) is 0 Å². The van der Waals surface area contributed by atoms with Crippen LogP contribution in [0.1, 0.15) is 58.9 Å². The number of hydrogen-bond donors (Lipinski definition) is 3. The molecule has 4 amide bonds. The van der Waals surface area contributed by atoms with Crippen LogP contribution < -0.4 is 16.0 Å². The Balaban J connectivity index is 0.000000176. The molecule has 3 unspecified atom stereocenters. The Morgan fingerprint density at radius 2 is 1.52 bits per heavy atom. The van der Waals surface area contributed by atoms with E-state index < -0.39 is 23.3 Å². The smallest absolute Gasteiger partial charge is 0.314 e. The van der Waals surface area contributed by atoms with Crippen molar-refractivity contribution in [2.75, 3.05) is 7.05 Å². The quantitative estimate of drug-likeness (QED) is 0.682. The molecule has 1 aromatic rings. The van der Waals surface area contributed by atoms with Crippen molar-refractivity contribution >= 4 is 17.8 Å². The highest BCUT2D eigenvalue weighted by Gasteiger charge is 2.59. The van der Waals surface area contributed by atoms with Gasteiger partial charge in [-0.3, -0.25) is 20.2 Å². The lowest BCUT2D eigenvalue weighted by molar-refractivity contribution is -0.138. The molecule has 0 radical (unpaired) electrons. The minimum atomic E-state index is -1.31. The third kappa shape index (κ3) is 3.18. The Kier molecular flexibility index (Phi) is 5.60. The number of fused-ring (bicyclic) bond motifs is 2. The number of benzene rings is 1. The molecule has 6 heteroatoms. The van der Waals surface area contributed by atoms with Gasteiger partial charge in [-0.15, -0.1) is 0 Å². The first-order valence-corrected chi connectivity index (χ1v) is 10.5. The Morgan fingerprint density at radius 3 is 1.93 bits per heavy atom. The van der Waals surface area contributed by atoms with E-state index in [-0.39, 0.29) is 0 Å². The van der Waals surface area contributed by atoms with Gasteiger partial charge in [-0.25, -0.2) is 4.79 Å². The van der Waals surface area contributed by atoms with Gasteiger partial charge in [0, 0.05) is 5.54 Å². The number of urea groups is 1. The summed E-state index contributed by atoms with van der Waals surface area (Å²) < 4.78 is 0. The Bertz CT molecular complexity index is 785. The summed E-state index contributed by atoms with van der Waals surface area (Å²) in [6.07, 6.45) is 4.67. The standard InChI is InChI=1S/C12H12N2O3.C11H21N/c1-2-12(8-6-4-3-5-7-8)9(15)13-11(17)14-10(12)16;1-10(2)8-5-6-9(7-8)11(10,3)12-4/h3-7H,2H2,1H3,(H2,13,14,15,16,17);8-9,12H,5-7H2,1-4H3. The summed E-state index contributed by atoms with van der Waals surface area (Å²) in [4.78, 5) is 35.0. The normalized spacial score (nSPS) is 31.6. The third-order valence-corrected chi connectivity index (χ3v) is 8.15. The molecule has 4 rings (SSSR count). The molecule has 3 N–H and O–H groups in total. The minimum absolute atomic E-state index is 0.294. The summed E-state index contributed by atoms with van der Waals surface area (Å²) in [5.41, 5.74) is 0.181. The molecule has 6 nitrogen and oxygen atoms in total. The molecule has 3 fully saturated rings. The van der Waals surface area contributed by atoms with Gasteiger partial charge in [0.05, 0.1) is 0 Å². The zero-order chi connectivity index (χ0) is 21.4. The second-order valence-corrected chi connectivity index (χ2v) is 9.24. The van der Waals surface area contributed by atoms with E-state index in [0.717, 1.165) is 11.8 Å². The minimum Gasteiger partial charge on any atom is -0.314 e. The number of rotatable bonds is 3. The van der Waals surface area contributed by atoms with Crippen LogP contribution in [0.3, 0.4) is 0 Å². The van der Waals surface area contributed by atoms with E-state index in [9.17, 15) is 14.4 Å². The largest absolute Gasteiger partial charge is 0.328 e. The monoisotopic (exact) mass is 399 g/mol. The number of imide groups is 2. The topological polar surface area (TPSA) is 87.3 Å². The highest BCUT2D eigenvalue weighted by molar-refractivity contribution is 6.22. The second kappa shape index (κ2) is 7.56. The molecule has 0 spiro atoms. The van der Waals surface area contributed by atoms with Crippen molar-refractivity contribution in [1.29, 1.82) is 0 Å².